The van der Waals surface area contributed by atoms with Crippen molar-refractivity contribution in [3.63, 3.8) is 0 Å². The lowest BCUT2D eigenvalue weighted by molar-refractivity contribution is -0.120. The summed E-state index contributed by atoms with van der Waals surface area (Å²) >= 11 is 1.67. The van der Waals surface area contributed by atoms with E-state index in [0.717, 1.165) is 11.3 Å². The van der Waals surface area contributed by atoms with Crippen molar-refractivity contribution in [2.75, 3.05) is 24.4 Å². The molecule has 6 heteroatoms. The van der Waals surface area contributed by atoms with E-state index >= 15 is 0 Å². The maximum atomic E-state index is 11.8. The molecule has 0 bridgehead atoms. The Labute approximate surface area is 123 Å². The Balaban J connectivity index is 2.52. The topological polar surface area (TPSA) is 84.2 Å². The Hall–Kier alpha value is -1.53. The van der Waals surface area contributed by atoms with Gasteiger partial charge in [0.1, 0.15) is 0 Å². The summed E-state index contributed by atoms with van der Waals surface area (Å²) in [5.41, 5.74) is 7.37. The summed E-state index contributed by atoms with van der Waals surface area (Å²) in [5.74, 6) is 0.638. The van der Waals surface area contributed by atoms with Gasteiger partial charge < -0.3 is 16.4 Å². The Morgan fingerprint density at radius 1 is 1.30 bits per heavy atom. The van der Waals surface area contributed by atoms with Crippen LogP contribution in [0.3, 0.4) is 0 Å². The summed E-state index contributed by atoms with van der Waals surface area (Å²) in [7, 11) is 1.60. The van der Waals surface area contributed by atoms with Crippen LogP contribution in [0, 0.1) is 0 Å². The molecule has 0 aliphatic carbocycles. The van der Waals surface area contributed by atoms with E-state index in [4.69, 9.17) is 5.73 Å². The van der Waals surface area contributed by atoms with Crippen LogP contribution in [0.2, 0.25) is 0 Å². The molecule has 0 aromatic heterocycles. The number of carbonyl (C=O) groups excluding carboxylic acids is 2. The lowest BCUT2D eigenvalue weighted by atomic mass is 10.1. The van der Waals surface area contributed by atoms with Crippen molar-refractivity contribution in [1.29, 1.82) is 0 Å². The molecule has 1 aromatic rings. The number of thioether (sulfide) groups is 1. The van der Waals surface area contributed by atoms with Crippen LogP contribution in [0.4, 0.5) is 5.69 Å². The zero-order chi connectivity index (χ0) is 15.0. The van der Waals surface area contributed by atoms with Crippen LogP contribution in [0.1, 0.15) is 12.0 Å². The fraction of sp³-hybridized carbons (Fsp3) is 0.429. The quantitative estimate of drug-likeness (QED) is 0.700. The minimum Gasteiger partial charge on any atom is -0.359 e. The molecule has 1 rings (SSSR count). The maximum absolute atomic E-state index is 11.8. The van der Waals surface area contributed by atoms with Gasteiger partial charge >= 0.3 is 0 Å². The fourth-order valence-corrected chi connectivity index (χ4v) is 2.08. The summed E-state index contributed by atoms with van der Waals surface area (Å²) < 4.78 is 0. The highest BCUT2D eigenvalue weighted by Gasteiger charge is 2.12. The zero-order valence-electron chi connectivity index (χ0n) is 11.8. The SMILES string of the molecule is CNC(=O)Cc1ccc(NC(=O)[C@@H](N)CCSC)cc1. The van der Waals surface area contributed by atoms with Crippen LogP contribution in [-0.4, -0.2) is 36.9 Å². The minimum absolute atomic E-state index is 0.0409. The normalized spacial score (nSPS) is 11.8. The molecule has 20 heavy (non-hydrogen) atoms. The molecule has 0 heterocycles. The van der Waals surface area contributed by atoms with Crippen molar-refractivity contribution < 1.29 is 9.59 Å². The van der Waals surface area contributed by atoms with Gasteiger partial charge in [-0.2, -0.15) is 11.8 Å². The molecule has 0 aliphatic heterocycles. The Morgan fingerprint density at radius 3 is 2.50 bits per heavy atom. The van der Waals surface area contributed by atoms with Gasteiger partial charge in [0.05, 0.1) is 12.5 Å². The third kappa shape index (κ3) is 5.63. The average molecular weight is 295 g/mol. The lowest BCUT2D eigenvalue weighted by Crippen LogP contribution is -2.36. The van der Waals surface area contributed by atoms with Gasteiger partial charge in [-0.3, -0.25) is 9.59 Å². The molecule has 0 aliphatic rings. The van der Waals surface area contributed by atoms with Crippen molar-refractivity contribution in [3.05, 3.63) is 29.8 Å². The molecule has 5 nitrogen and oxygen atoms in total. The number of nitrogens with one attached hydrogen (secondary N) is 2. The number of likely N-dealkylation sites (N-methyl/N-ethyl adjacent to an activating group) is 1. The molecule has 4 N–H and O–H groups in total. The predicted octanol–water partition coefficient (Wildman–Crippen LogP) is 0.994. The van der Waals surface area contributed by atoms with Crippen LogP contribution in [0.5, 0.6) is 0 Å². The first-order valence-corrected chi connectivity index (χ1v) is 7.81. The number of anilines is 1. The number of amides is 2. The first-order chi connectivity index (χ1) is 9.56. The number of benzene rings is 1. The van der Waals surface area contributed by atoms with Crippen LogP contribution < -0.4 is 16.4 Å². The monoisotopic (exact) mass is 295 g/mol. The van der Waals surface area contributed by atoms with Crippen LogP contribution in [-0.2, 0) is 16.0 Å². The van der Waals surface area contributed by atoms with E-state index in [0.29, 0.717) is 18.5 Å². The lowest BCUT2D eigenvalue weighted by Gasteiger charge is -2.12. The van der Waals surface area contributed by atoms with Gasteiger partial charge in [0.2, 0.25) is 11.8 Å². The van der Waals surface area contributed by atoms with Crippen LogP contribution in [0.15, 0.2) is 24.3 Å². The highest BCUT2D eigenvalue weighted by atomic mass is 32.2. The smallest absolute Gasteiger partial charge is 0.241 e. The maximum Gasteiger partial charge on any atom is 0.241 e. The highest BCUT2D eigenvalue weighted by molar-refractivity contribution is 7.98. The van der Waals surface area contributed by atoms with Crippen molar-refractivity contribution >= 4 is 29.3 Å². The second-order valence-corrected chi connectivity index (χ2v) is 5.41. The first-order valence-electron chi connectivity index (χ1n) is 6.41. The Kier molecular flexibility index (Phi) is 7.11. The Bertz CT molecular complexity index is 448. The van der Waals surface area contributed by atoms with E-state index in [2.05, 4.69) is 10.6 Å². The molecule has 0 saturated heterocycles. The van der Waals surface area contributed by atoms with E-state index in [9.17, 15) is 9.59 Å². The van der Waals surface area contributed by atoms with Crippen molar-refractivity contribution in [2.45, 2.75) is 18.9 Å². The largest absolute Gasteiger partial charge is 0.359 e. The number of rotatable bonds is 7. The van der Waals surface area contributed by atoms with E-state index < -0.39 is 6.04 Å². The molecule has 0 unspecified atom stereocenters. The summed E-state index contributed by atoms with van der Waals surface area (Å²) in [6.07, 6.45) is 2.97. The number of nitrogens with two attached hydrogens (primary N) is 1. The average Bonchev–Trinajstić information content (AvgIpc) is 2.46. The first kappa shape index (κ1) is 16.5. The number of hydrogen-bond acceptors (Lipinski definition) is 4. The third-order valence-corrected chi connectivity index (χ3v) is 3.48. The predicted molar refractivity (Wildman–Crippen MR) is 83.8 cm³/mol. The van der Waals surface area contributed by atoms with E-state index in [-0.39, 0.29) is 11.8 Å². The number of hydrogen-bond donors (Lipinski definition) is 3. The minimum atomic E-state index is -0.493. The molecule has 1 aromatic carbocycles. The van der Waals surface area contributed by atoms with E-state index in [1.807, 2.05) is 18.4 Å². The van der Waals surface area contributed by atoms with Gasteiger partial charge in [0, 0.05) is 12.7 Å². The van der Waals surface area contributed by atoms with Gasteiger partial charge in [0.25, 0.3) is 0 Å². The molecule has 0 saturated carbocycles. The highest BCUT2D eigenvalue weighted by Crippen LogP contribution is 2.11. The molecule has 0 fully saturated rings. The Morgan fingerprint density at radius 2 is 1.95 bits per heavy atom. The third-order valence-electron chi connectivity index (χ3n) is 2.83. The number of carbonyl (C=O) groups is 2. The van der Waals surface area contributed by atoms with Gasteiger partial charge in [0.15, 0.2) is 0 Å². The summed E-state index contributed by atoms with van der Waals surface area (Å²) in [6, 6.07) is 6.69. The summed E-state index contributed by atoms with van der Waals surface area (Å²) in [5, 5.41) is 5.34. The van der Waals surface area contributed by atoms with E-state index in [1.165, 1.54) is 0 Å². The van der Waals surface area contributed by atoms with Crippen molar-refractivity contribution in [3.8, 4) is 0 Å². The molecule has 0 radical (unpaired) electrons. The molecule has 1 atom stereocenters. The van der Waals surface area contributed by atoms with Gasteiger partial charge in [-0.25, -0.2) is 0 Å². The molecular formula is C14H21N3O2S. The fourth-order valence-electron chi connectivity index (χ4n) is 1.59. The molecule has 2 amide bonds. The molecule has 110 valence electrons. The van der Waals surface area contributed by atoms with Crippen LogP contribution >= 0.6 is 11.8 Å². The molecule has 0 spiro atoms. The zero-order valence-corrected chi connectivity index (χ0v) is 12.6. The van der Waals surface area contributed by atoms with E-state index in [1.54, 1.807) is 30.9 Å². The van der Waals surface area contributed by atoms with Gasteiger partial charge in [-0.1, -0.05) is 12.1 Å². The standard InChI is InChI=1S/C14H21N3O2S/c1-16-13(18)9-10-3-5-11(6-4-10)17-14(19)12(15)7-8-20-2/h3-6,12H,7-9,15H2,1-2H3,(H,16,18)(H,17,19)/t12-/m0/s1. The van der Waals surface area contributed by atoms with Gasteiger partial charge in [-0.15, -0.1) is 0 Å². The van der Waals surface area contributed by atoms with Crippen LogP contribution in [0.25, 0.3) is 0 Å². The van der Waals surface area contributed by atoms with Crippen molar-refractivity contribution in [1.82, 2.24) is 5.32 Å². The molecular weight excluding hydrogens is 274 g/mol. The summed E-state index contributed by atoms with van der Waals surface area (Å²) in [4.78, 5) is 23.1. The summed E-state index contributed by atoms with van der Waals surface area (Å²) in [6.45, 7) is 0. The second kappa shape index (κ2) is 8.60. The van der Waals surface area contributed by atoms with Gasteiger partial charge in [-0.05, 0) is 36.1 Å². The second-order valence-electron chi connectivity index (χ2n) is 4.42. The van der Waals surface area contributed by atoms with Crippen molar-refractivity contribution in [2.24, 2.45) is 5.73 Å².